The minimum atomic E-state index is 0.358. The van der Waals surface area contributed by atoms with Crippen molar-refractivity contribution in [2.24, 2.45) is 5.41 Å². The van der Waals surface area contributed by atoms with Gasteiger partial charge in [-0.05, 0) is 25.0 Å². The fourth-order valence-electron chi connectivity index (χ4n) is 2.46. The zero-order chi connectivity index (χ0) is 10.5. The molecule has 15 heavy (non-hydrogen) atoms. The molecule has 3 nitrogen and oxygen atoms in total. The molecule has 1 fully saturated rings. The highest BCUT2D eigenvalue weighted by Crippen LogP contribution is 2.50. The van der Waals surface area contributed by atoms with Gasteiger partial charge in [-0.15, -0.1) is 0 Å². The number of para-hydroxylation sites is 1. The van der Waals surface area contributed by atoms with Crippen molar-refractivity contribution in [1.29, 1.82) is 0 Å². The standard InChI is InChI=1S/C12H16N2O/c1-14-8-12(5-6-12)7-13-11-9(14)3-2-4-10(11)15/h2-4,13,15H,5-8H2,1H3. The van der Waals surface area contributed by atoms with Gasteiger partial charge in [0.2, 0.25) is 0 Å². The van der Waals surface area contributed by atoms with Crippen LogP contribution < -0.4 is 10.2 Å². The summed E-state index contributed by atoms with van der Waals surface area (Å²) in [5, 5.41) is 13.2. The third kappa shape index (κ3) is 1.34. The largest absolute Gasteiger partial charge is 0.506 e. The molecule has 0 unspecified atom stereocenters. The number of anilines is 2. The van der Waals surface area contributed by atoms with Crippen molar-refractivity contribution in [1.82, 2.24) is 0 Å². The lowest BCUT2D eigenvalue weighted by atomic mass is 10.1. The first kappa shape index (κ1) is 8.89. The van der Waals surface area contributed by atoms with Crippen molar-refractivity contribution in [3.05, 3.63) is 18.2 Å². The van der Waals surface area contributed by atoms with E-state index in [9.17, 15) is 5.11 Å². The topological polar surface area (TPSA) is 35.5 Å². The lowest BCUT2D eigenvalue weighted by Crippen LogP contribution is -2.27. The summed E-state index contributed by atoms with van der Waals surface area (Å²) in [7, 11) is 2.10. The molecular formula is C12H16N2O. The summed E-state index contributed by atoms with van der Waals surface area (Å²) in [6, 6.07) is 5.70. The highest BCUT2D eigenvalue weighted by Gasteiger charge is 2.45. The first-order valence-corrected chi connectivity index (χ1v) is 5.47. The number of aromatic hydroxyl groups is 1. The molecule has 3 rings (SSSR count). The zero-order valence-electron chi connectivity index (χ0n) is 8.95. The van der Waals surface area contributed by atoms with E-state index in [1.807, 2.05) is 6.07 Å². The van der Waals surface area contributed by atoms with Crippen molar-refractivity contribution in [2.75, 3.05) is 30.4 Å². The fourth-order valence-corrected chi connectivity index (χ4v) is 2.46. The van der Waals surface area contributed by atoms with E-state index in [4.69, 9.17) is 0 Å². The Hall–Kier alpha value is -1.38. The van der Waals surface area contributed by atoms with Crippen LogP contribution in [-0.2, 0) is 0 Å². The first-order chi connectivity index (χ1) is 7.20. The average molecular weight is 204 g/mol. The average Bonchev–Trinajstić information content (AvgIpc) is 2.97. The Labute approximate surface area is 89.7 Å². The van der Waals surface area contributed by atoms with Gasteiger partial charge in [-0.3, -0.25) is 0 Å². The van der Waals surface area contributed by atoms with Gasteiger partial charge >= 0.3 is 0 Å². The highest BCUT2D eigenvalue weighted by atomic mass is 16.3. The van der Waals surface area contributed by atoms with E-state index in [1.165, 1.54) is 12.8 Å². The van der Waals surface area contributed by atoms with Gasteiger partial charge in [0.05, 0.1) is 5.69 Å². The predicted octanol–water partition coefficient (Wildman–Crippen LogP) is 2.03. The number of rotatable bonds is 0. The molecule has 1 aromatic rings. The molecule has 1 aliphatic carbocycles. The molecule has 2 N–H and O–H groups in total. The molecule has 0 amide bonds. The van der Waals surface area contributed by atoms with Crippen molar-refractivity contribution < 1.29 is 5.11 Å². The van der Waals surface area contributed by atoms with Crippen molar-refractivity contribution in [3.8, 4) is 5.75 Å². The second kappa shape index (κ2) is 2.81. The Morgan fingerprint density at radius 2 is 2.20 bits per heavy atom. The second-order valence-corrected chi connectivity index (χ2v) is 4.88. The summed E-state index contributed by atoms with van der Waals surface area (Å²) in [6.45, 7) is 2.08. The highest BCUT2D eigenvalue weighted by molar-refractivity contribution is 5.77. The quantitative estimate of drug-likeness (QED) is 0.635. The molecule has 0 saturated heterocycles. The summed E-state index contributed by atoms with van der Waals surface area (Å²) in [6.07, 6.45) is 2.61. The summed E-state index contributed by atoms with van der Waals surface area (Å²) in [4.78, 5) is 2.25. The summed E-state index contributed by atoms with van der Waals surface area (Å²) in [5.74, 6) is 0.358. The molecule has 1 aliphatic heterocycles. The number of fused-ring (bicyclic) bond motifs is 1. The second-order valence-electron chi connectivity index (χ2n) is 4.88. The maximum absolute atomic E-state index is 9.80. The van der Waals surface area contributed by atoms with Gasteiger partial charge < -0.3 is 15.3 Å². The van der Waals surface area contributed by atoms with Crippen molar-refractivity contribution in [2.45, 2.75) is 12.8 Å². The van der Waals surface area contributed by atoms with Crippen LogP contribution in [0, 0.1) is 5.41 Å². The Morgan fingerprint density at radius 1 is 1.40 bits per heavy atom. The van der Waals surface area contributed by atoms with E-state index >= 15 is 0 Å². The molecule has 80 valence electrons. The van der Waals surface area contributed by atoms with Gasteiger partial charge in [0.1, 0.15) is 11.4 Å². The van der Waals surface area contributed by atoms with E-state index < -0.39 is 0 Å². The molecule has 0 bridgehead atoms. The Kier molecular flexibility index (Phi) is 1.67. The summed E-state index contributed by atoms with van der Waals surface area (Å²) < 4.78 is 0. The Morgan fingerprint density at radius 3 is 2.93 bits per heavy atom. The molecule has 1 heterocycles. The van der Waals surface area contributed by atoms with Crippen LogP contribution in [-0.4, -0.2) is 25.2 Å². The minimum Gasteiger partial charge on any atom is -0.506 e. The normalized spacial score (nSPS) is 21.8. The number of hydrogen-bond donors (Lipinski definition) is 2. The van der Waals surface area contributed by atoms with Gasteiger partial charge in [-0.1, -0.05) is 6.07 Å². The van der Waals surface area contributed by atoms with E-state index in [0.29, 0.717) is 11.2 Å². The molecule has 0 atom stereocenters. The van der Waals surface area contributed by atoms with E-state index in [1.54, 1.807) is 6.07 Å². The number of phenols is 1. The molecule has 1 saturated carbocycles. The van der Waals surface area contributed by atoms with Crippen LogP contribution in [0.5, 0.6) is 5.75 Å². The van der Waals surface area contributed by atoms with Crippen LogP contribution in [0.15, 0.2) is 18.2 Å². The maximum atomic E-state index is 9.80. The lowest BCUT2D eigenvalue weighted by molar-refractivity contribution is 0.477. The Bertz CT molecular complexity index is 399. The van der Waals surface area contributed by atoms with Gasteiger partial charge in [0.25, 0.3) is 0 Å². The number of nitrogens with one attached hydrogen (secondary N) is 1. The zero-order valence-corrected chi connectivity index (χ0v) is 8.95. The van der Waals surface area contributed by atoms with Crippen molar-refractivity contribution >= 4 is 11.4 Å². The molecule has 0 radical (unpaired) electrons. The van der Waals surface area contributed by atoms with Crippen LogP contribution in [0.25, 0.3) is 0 Å². The van der Waals surface area contributed by atoms with Crippen LogP contribution in [0.1, 0.15) is 12.8 Å². The minimum absolute atomic E-state index is 0.358. The monoisotopic (exact) mass is 204 g/mol. The Balaban J connectivity index is 2.03. The van der Waals surface area contributed by atoms with Crippen LogP contribution >= 0.6 is 0 Å². The molecular weight excluding hydrogens is 188 g/mol. The van der Waals surface area contributed by atoms with Crippen LogP contribution in [0.3, 0.4) is 0 Å². The van der Waals surface area contributed by atoms with E-state index in [2.05, 4.69) is 23.3 Å². The lowest BCUT2D eigenvalue weighted by Gasteiger charge is -2.21. The SMILES string of the molecule is CN1CC2(CC2)CNc2c(O)cccc21. The van der Waals surface area contributed by atoms with Gasteiger partial charge in [0, 0.05) is 25.6 Å². The smallest absolute Gasteiger partial charge is 0.140 e. The number of nitrogens with zero attached hydrogens (tertiary/aromatic N) is 1. The number of hydrogen-bond acceptors (Lipinski definition) is 3. The molecule has 1 aromatic carbocycles. The number of phenolic OH excluding ortho intramolecular Hbond substituents is 1. The predicted molar refractivity (Wildman–Crippen MR) is 61.5 cm³/mol. The fraction of sp³-hybridized carbons (Fsp3) is 0.500. The van der Waals surface area contributed by atoms with Crippen LogP contribution in [0.2, 0.25) is 0 Å². The summed E-state index contributed by atoms with van der Waals surface area (Å²) in [5.41, 5.74) is 2.46. The third-order valence-electron chi connectivity index (χ3n) is 3.60. The molecule has 1 spiro atoms. The van der Waals surface area contributed by atoms with E-state index in [0.717, 1.165) is 24.5 Å². The molecule has 3 heteroatoms. The van der Waals surface area contributed by atoms with E-state index in [-0.39, 0.29) is 0 Å². The maximum Gasteiger partial charge on any atom is 0.140 e. The van der Waals surface area contributed by atoms with Gasteiger partial charge in [0.15, 0.2) is 0 Å². The molecule has 0 aromatic heterocycles. The third-order valence-corrected chi connectivity index (χ3v) is 3.60. The van der Waals surface area contributed by atoms with Crippen molar-refractivity contribution in [3.63, 3.8) is 0 Å². The van der Waals surface area contributed by atoms with Gasteiger partial charge in [-0.25, -0.2) is 0 Å². The summed E-state index contributed by atoms with van der Waals surface area (Å²) >= 11 is 0. The van der Waals surface area contributed by atoms with Crippen LogP contribution in [0.4, 0.5) is 11.4 Å². The number of benzene rings is 1. The first-order valence-electron chi connectivity index (χ1n) is 5.47. The van der Waals surface area contributed by atoms with Gasteiger partial charge in [-0.2, -0.15) is 0 Å². The molecule has 2 aliphatic rings.